The van der Waals surface area contributed by atoms with Gasteiger partial charge >= 0.3 is 0 Å². The van der Waals surface area contributed by atoms with Crippen LogP contribution in [0.15, 0.2) is 67.0 Å². The minimum absolute atomic E-state index is 0.00565. The SMILES string of the molecule is CN(C)c1ccc(CNC(=O)c2cc(N3CCN(C(=O)c4cc5cnc6[nH]ccc6c5n4C)CC3)ccc2[N+](=O)[O-])cc1.O=CO.O=CO. The number of carbonyl (C=O) groups excluding carboxylic acids is 2. The number of aromatic amines is 1. The number of H-pyrrole nitrogens is 1. The number of anilines is 2. The molecule has 0 radical (unpaired) electrons. The maximum Gasteiger partial charge on any atom is 0.290 e. The van der Waals surface area contributed by atoms with Gasteiger partial charge < -0.3 is 39.8 Å². The Hall–Kier alpha value is -6.45. The van der Waals surface area contributed by atoms with E-state index in [1.807, 2.05) is 83.0 Å². The fraction of sp³-hybridized carbons (Fsp3) is 0.242. The minimum Gasteiger partial charge on any atom is -0.483 e. The Morgan fingerprint density at radius 3 is 2.29 bits per heavy atom. The van der Waals surface area contributed by atoms with Gasteiger partial charge in [0.25, 0.3) is 30.4 Å². The zero-order valence-corrected chi connectivity index (χ0v) is 27.1. The zero-order valence-electron chi connectivity index (χ0n) is 27.1. The molecule has 0 atom stereocenters. The highest BCUT2D eigenvalue weighted by Crippen LogP contribution is 2.28. The summed E-state index contributed by atoms with van der Waals surface area (Å²) in [6.45, 7) is 1.74. The first kappa shape index (κ1) is 35.4. The summed E-state index contributed by atoms with van der Waals surface area (Å²) in [7, 11) is 5.79. The van der Waals surface area contributed by atoms with E-state index in [9.17, 15) is 19.7 Å². The Morgan fingerprint density at radius 2 is 1.67 bits per heavy atom. The van der Waals surface area contributed by atoms with Crippen molar-refractivity contribution in [3.63, 3.8) is 0 Å². The highest BCUT2D eigenvalue weighted by molar-refractivity contribution is 6.07. The summed E-state index contributed by atoms with van der Waals surface area (Å²) in [5.74, 6) is -0.578. The second-order valence-electron chi connectivity index (χ2n) is 11.1. The van der Waals surface area contributed by atoms with Gasteiger partial charge in [0.15, 0.2) is 0 Å². The number of nitrogens with zero attached hydrogens (tertiary/aromatic N) is 6. The third-order valence-electron chi connectivity index (χ3n) is 8.05. The van der Waals surface area contributed by atoms with Crippen LogP contribution in [-0.4, -0.2) is 99.6 Å². The van der Waals surface area contributed by atoms with Crippen LogP contribution < -0.4 is 15.1 Å². The van der Waals surface area contributed by atoms with E-state index in [-0.39, 0.29) is 36.6 Å². The standard InChI is InChI=1S/C31H32N8O4.2CH2O2/c1-35(2)22-6-4-20(5-7-22)18-34-30(40)25-17-23(8-9-26(25)39(42)43)37-12-14-38(15-13-37)31(41)27-16-21-19-33-29-24(10-11-32-29)28(21)36(27)3;2*2-1-3/h4-11,16-17,19H,12-15,18H2,1-3H3,(H,32,33)(H,34,40);2*1H,(H,2,3). The van der Waals surface area contributed by atoms with Crippen LogP contribution in [0.4, 0.5) is 17.1 Å². The Morgan fingerprint density at radius 1 is 1.02 bits per heavy atom. The van der Waals surface area contributed by atoms with E-state index in [0.29, 0.717) is 37.6 Å². The van der Waals surface area contributed by atoms with E-state index < -0.39 is 10.8 Å². The molecular weight excluding hydrogens is 636 g/mol. The lowest BCUT2D eigenvalue weighted by molar-refractivity contribution is -0.385. The summed E-state index contributed by atoms with van der Waals surface area (Å²) in [6.07, 6.45) is 3.61. The molecule has 4 N–H and O–H groups in total. The molecule has 1 aliphatic heterocycles. The van der Waals surface area contributed by atoms with Crippen LogP contribution in [0, 0.1) is 10.1 Å². The van der Waals surface area contributed by atoms with Gasteiger partial charge in [0.05, 0.1) is 10.4 Å². The van der Waals surface area contributed by atoms with Crippen molar-refractivity contribution in [1.29, 1.82) is 0 Å². The van der Waals surface area contributed by atoms with Gasteiger partial charge in [-0.15, -0.1) is 0 Å². The molecule has 0 saturated carbocycles. The predicted octanol–water partition coefficient (Wildman–Crippen LogP) is 3.32. The second kappa shape index (κ2) is 15.9. The molecule has 1 fully saturated rings. The first-order chi connectivity index (χ1) is 23.5. The van der Waals surface area contributed by atoms with Crippen LogP contribution in [0.1, 0.15) is 26.4 Å². The summed E-state index contributed by atoms with van der Waals surface area (Å²) >= 11 is 0. The molecule has 256 valence electrons. The van der Waals surface area contributed by atoms with Gasteiger partial charge in [0.2, 0.25) is 0 Å². The average molecular weight is 673 g/mol. The Labute approximate surface area is 280 Å². The van der Waals surface area contributed by atoms with Crippen molar-refractivity contribution in [3.05, 3.63) is 93.9 Å². The van der Waals surface area contributed by atoms with Crippen LogP contribution in [-0.2, 0) is 23.2 Å². The number of hydrogen-bond acceptors (Lipinski definition) is 9. The summed E-state index contributed by atoms with van der Waals surface area (Å²) in [6, 6.07) is 16.2. The van der Waals surface area contributed by atoms with Crippen molar-refractivity contribution in [2.75, 3.05) is 50.1 Å². The van der Waals surface area contributed by atoms with E-state index >= 15 is 0 Å². The topological polar surface area (TPSA) is 207 Å². The van der Waals surface area contributed by atoms with Crippen molar-refractivity contribution in [1.82, 2.24) is 24.8 Å². The molecule has 16 heteroatoms. The van der Waals surface area contributed by atoms with Gasteiger partial charge in [-0.2, -0.15) is 0 Å². The van der Waals surface area contributed by atoms with Crippen molar-refractivity contribution < 1.29 is 34.3 Å². The molecule has 0 aliphatic carbocycles. The van der Waals surface area contributed by atoms with Gasteiger partial charge in [0, 0.05) is 94.5 Å². The normalized spacial score (nSPS) is 12.3. The number of nitro groups is 1. The molecule has 2 amide bonds. The molecule has 1 aliphatic rings. The number of carbonyl (C=O) groups is 4. The second-order valence-corrected chi connectivity index (χ2v) is 11.1. The van der Waals surface area contributed by atoms with E-state index in [1.165, 1.54) is 6.07 Å². The molecule has 0 unspecified atom stereocenters. The number of benzene rings is 2. The molecule has 16 nitrogen and oxygen atoms in total. The van der Waals surface area contributed by atoms with Crippen LogP contribution in [0.25, 0.3) is 21.9 Å². The van der Waals surface area contributed by atoms with Crippen molar-refractivity contribution in [2.24, 2.45) is 7.05 Å². The number of piperazine rings is 1. The average Bonchev–Trinajstić information content (AvgIpc) is 3.71. The lowest BCUT2D eigenvalue weighted by Gasteiger charge is -2.36. The molecule has 4 heterocycles. The fourth-order valence-electron chi connectivity index (χ4n) is 5.64. The molecule has 5 aromatic rings. The third kappa shape index (κ3) is 7.93. The van der Waals surface area contributed by atoms with Gasteiger partial charge in [0.1, 0.15) is 16.9 Å². The Balaban J connectivity index is 0.000000841. The van der Waals surface area contributed by atoms with E-state index in [1.54, 1.807) is 18.3 Å². The van der Waals surface area contributed by atoms with Crippen molar-refractivity contribution in [3.8, 4) is 0 Å². The summed E-state index contributed by atoms with van der Waals surface area (Å²) < 4.78 is 1.92. The number of nitro benzene ring substituents is 1. The van der Waals surface area contributed by atoms with Crippen molar-refractivity contribution in [2.45, 2.75) is 6.54 Å². The molecule has 2 aromatic carbocycles. The molecule has 3 aromatic heterocycles. The fourth-order valence-corrected chi connectivity index (χ4v) is 5.64. The van der Waals surface area contributed by atoms with Crippen LogP contribution >= 0.6 is 0 Å². The number of aryl methyl sites for hydroxylation is 1. The highest BCUT2D eigenvalue weighted by Gasteiger charge is 2.27. The summed E-state index contributed by atoms with van der Waals surface area (Å²) in [4.78, 5) is 68.0. The first-order valence-electron chi connectivity index (χ1n) is 15.0. The van der Waals surface area contributed by atoms with Gasteiger partial charge in [-0.3, -0.25) is 29.3 Å². The largest absolute Gasteiger partial charge is 0.483 e. The number of fused-ring (bicyclic) bond motifs is 3. The van der Waals surface area contributed by atoms with E-state index in [2.05, 4.69) is 15.3 Å². The quantitative estimate of drug-likeness (QED) is 0.112. The maximum absolute atomic E-state index is 13.5. The number of nitrogens with one attached hydrogen (secondary N) is 2. The first-order valence-corrected chi connectivity index (χ1v) is 15.0. The predicted molar refractivity (Wildman–Crippen MR) is 183 cm³/mol. The molecule has 6 rings (SSSR count). The number of carboxylic acid groups (broad SMARTS) is 2. The third-order valence-corrected chi connectivity index (χ3v) is 8.05. The number of hydrogen-bond donors (Lipinski definition) is 4. The molecule has 0 spiro atoms. The van der Waals surface area contributed by atoms with Crippen molar-refractivity contribution >= 4 is 63.8 Å². The van der Waals surface area contributed by atoms with Crippen LogP contribution in [0.2, 0.25) is 0 Å². The lowest BCUT2D eigenvalue weighted by atomic mass is 10.1. The number of amides is 2. The molecule has 49 heavy (non-hydrogen) atoms. The summed E-state index contributed by atoms with van der Waals surface area (Å²) in [5, 5.41) is 30.2. The minimum atomic E-state index is -0.540. The van der Waals surface area contributed by atoms with Crippen LogP contribution in [0.3, 0.4) is 0 Å². The highest BCUT2D eigenvalue weighted by atomic mass is 16.6. The monoisotopic (exact) mass is 672 g/mol. The van der Waals surface area contributed by atoms with Crippen LogP contribution in [0.5, 0.6) is 0 Å². The lowest BCUT2D eigenvalue weighted by Crippen LogP contribution is -2.49. The van der Waals surface area contributed by atoms with E-state index in [4.69, 9.17) is 19.8 Å². The Kier molecular flexibility index (Phi) is 11.5. The zero-order chi connectivity index (χ0) is 35.7. The Bertz CT molecular complexity index is 1950. The molecular formula is C33H36N8O8. The number of rotatable bonds is 7. The molecule has 0 bridgehead atoms. The molecule has 1 saturated heterocycles. The number of pyridine rings is 1. The van der Waals surface area contributed by atoms with Gasteiger partial charge in [-0.1, -0.05) is 12.1 Å². The number of aromatic nitrogens is 3. The van der Waals surface area contributed by atoms with Gasteiger partial charge in [-0.05, 0) is 42.0 Å². The van der Waals surface area contributed by atoms with Gasteiger partial charge in [-0.25, -0.2) is 4.98 Å². The maximum atomic E-state index is 13.5. The van der Waals surface area contributed by atoms with E-state index in [0.717, 1.165) is 33.2 Å². The summed E-state index contributed by atoms with van der Waals surface area (Å²) in [5.41, 5.74) is 4.69. The smallest absolute Gasteiger partial charge is 0.290 e.